The summed E-state index contributed by atoms with van der Waals surface area (Å²) in [7, 11) is 0. The Morgan fingerprint density at radius 1 is 1.06 bits per heavy atom. The molecule has 1 N–H and O–H groups in total. The van der Waals surface area contributed by atoms with E-state index in [1.165, 1.54) is 12.0 Å². The summed E-state index contributed by atoms with van der Waals surface area (Å²) in [5.74, 6) is 1.82. The Kier molecular flexibility index (Phi) is 6.95. The van der Waals surface area contributed by atoms with E-state index >= 15 is 0 Å². The van der Waals surface area contributed by atoms with Gasteiger partial charge < -0.3 is 5.11 Å². The molecule has 1 aromatic rings. The Labute approximate surface area is 120 Å². The molecule has 0 bridgehead atoms. The molecule has 2 unspecified atom stereocenters. The third-order valence-electron chi connectivity index (χ3n) is 3.31. The minimum absolute atomic E-state index is 0.290. The minimum Gasteiger partial charge on any atom is -0.396 e. The highest BCUT2D eigenvalue weighted by molar-refractivity contribution is 9.10. The first kappa shape index (κ1) is 15.7. The molecular formula is C16H25BrO. The first-order chi connectivity index (χ1) is 8.51. The standard InChI is InChI=1S/C16H25BrO/c1-12(2)8-13(3)9-15(11-18)10-14-4-6-16(17)7-5-14/h4-7,12-13,15,18H,8-11H2,1-3H3. The third kappa shape index (κ3) is 6.01. The molecule has 0 radical (unpaired) electrons. The van der Waals surface area contributed by atoms with E-state index in [1.54, 1.807) is 0 Å². The fourth-order valence-corrected chi connectivity index (χ4v) is 2.91. The molecule has 0 amide bonds. The van der Waals surface area contributed by atoms with Gasteiger partial charge in [-0.2, -0.15) is 0 Å². The van der Waals surface area contributed by atoms with Crippen LogP contribution in [0, 0.1) is 17.8 Å². The molecule has 0 spiro atoms. The van der Waals surface area contributed by atoms with Crippen LogP contribution in [-0.2, 0) is 6.42 Å². The van der Waals surface area contributed by atoms with Crippen molar-refractivity contribution < 1.29 is 5.11 Å². The molecule has 1 nitrogen and oxygen atoms in total. The summed E-state index contributed by atoms with van der Waals surface area (Å²) in [6.07, 6.45) is 3.34. The number of benzene rings is 1. The average molecular weight is 313 g/mol. The topological polar surface area (TPSA) is 20.2 Å². The average Bonchev–Trinajstić information content (AvgIpc) is 2.30. The van der Waals surface area contributed by atoms with Crippen molar-refractivity contribution in [3.63, 3.8) is 0 Å². The molecule has 0 aliphatic carbocycles. The zero-order valence-electron chi connectivity index (χ0n) is 11.7. The Bertz CT molecular complexity index is 331. The third-order valence-corrected chi connectivity index (χ3v) is 3.83. The molecule has 18 heavy (non-hydrogen) atoms. The van der Waals surface area contributed by atoms with Crippen molar-refractivity contribution in [3.8, 4) is 0 Å². The highest BCUT2D eigenvalue weighted by atomic mass is 79.9. The summed E-state index contributed by atoms with van der Waals surface area (Å²) in [6, 6.07) is 8.42. The van der Waals surface area contributed by atoms with E-state index in [-0.39, 0.29) is 0 Å². The predicted molar refractivity (Wildman–Crippen MR) is 81.7 cm³/mol. The molecule has 2 heteroatoms. The van der Waals surface area contributed by atoms with Crippen LogP contribution >= 0.6 is 15.9 Å². The summed E-state index contributed by atoms with van der Waals surface area (Å²) in [4.78, 5) is 0. The van der Waals surface area contributed by atoms with Crippen molar-refractivity contribution in [2.45, 2.75) is 40.0 Å². The van der Waals surface area contributed by atoms with E-state index in [1.807, 2.05) is 0 Å². The molecule has 0 aromatic heterocycles. The molecule has 1 rings (SSSR count). The van der Waals surface area contributed by atoms with E-state index in [0.29, 0.717) is 18.4 Å². The molecule has 102 valence electrons. The van der Waals surface area contributed by atoms with Crippen LogP contribution in [0.25, 0.3) is 0 Å². The van der Waals surface area contributed by atoms with Gasteiger partial charge in [0.05, 0.1) is 0 Å². The van der Waals surface area contributed by atoms with Crippen molar-refractivity contribution in [1.29, 1.82) is 0 Å². The smallest absolute Gasteiger partial charge is 0.0462 e. The van der Waals surface area contributed by atoms with Gasteiger partial charge in [-0.15, -0.1) is 0 Å². The SMILES string of the molecule is CC(C)CC(C)CC(CO)Cc1ccc(Br)cc1. The van der Waals surface area contributed by atoms with Crippen LogP contribution in [0.5, 0.6) is 0 Å². The number of halogens is 1. The number of aliphatic hydroxyl groups excluding tert-OH is 1. The Morgan fingerprint density at radius 2 is 1.67 bits per heavy atom. The lowest BCUT2D eigenvalue weighted by atomic mass is 9.87. The summed E-state index contributed by atoms with van der Waals surface area (Å²) < 4.78 is 1.11. The van der Waals surface area contributed by atoms with Crippen molar-refractivity contribution in [2.75, 3.05) is 6.61 Å². The maximum absolute atomic E-state index is 9.52. The van der Waals surface area contributed by atoms with E-state index in [9.17, 15) is 5.11 Å². The maximum atomic E-state index is 9.52. The molecular weight excluding hydrogens is 288 g/mol. The van der Waals surface area contributed by atoms with Crippen LogP contribution < -0.4 is 0 Å². The largest absolute Gasteiger partial charge is 0.396 e. The Hall–Kier alpha value is -0.340. The van der Waals surface area contributed by atoms with Gasteiger partial charge in [-0.3, -0.25) is 0 Å². The highest BCUT2D eigenvalue weighted by Gasteiger charge is 2.14. The molecule has 0 saturated heterocycles. The minimum atomic E-state index is 0.290. The fraction of sp³-hybridized carbons (Fsp3) is 0.625. The van der Waals surface area contributed by atoms with Crippen LogP contribution in [0.15, 0.2) is 28.7 Å². The second-order valence-electron chi connectivity index (χ2n) is 5.85. The molecule has 0 aliphatic heterocycles. The molecule has 1 aromatic carbocycles. The van der Waals surface area contributed by atoms with Crippen LogP contribution in [-0.4, -0.2) is 11.7 Å². The lowest BCUT2D eigenvalue weighted by Gasteiger charge is -2.20. The van der Waals surface area contributed by atoms with E-state index < -0.39 is 0 Å². The van der Waals surface area contributed by atoms with Crippen LogP contribution in [0.1, 0.15) is 39.2 Å². The fourth-order valence-electron chi connectivity index (χ4n) is 2.65. The number of aliphatic hydroxyl groups is 1. The van der Waals surface area contributed by atoms with Crippen molar-refractivity contribution in [1.82, 2.24) is 0 Å². The molecule has 2 atom stereocenters. The summed E-state index contributed by atoms with van der Waals surface area (Å²) in [6.45, 7) is 7.11. The Balaban J connectivity index is 2.48. The van der Waals surface area contributed by atoms with E-state index in [4.69, 9.17) is 0 Å². The zero-order chi connectivity index (χ0) is 13.5. The summed E-state index contributed by atoms with van der Waals surface area (Å²) >= 11 is 3.45. The van der Waals surface area contributed by atoms with Gasteiger partial charge >= 0.3 is 0 Å². The van der Waals surface area contributed by atoms with Gasteiger partial charge in [-0.25, -0.2) is 0 Å². The summed E-state index contributed by atoms with van der Waals surface area (Å²) in [5, 5.41) is 9.52. The number of rotatable bonds is 7. The molecule has 0 aliphatic rings. The highest BCUT2D eigenvalue weighted by Crippen LogP contribution is 2.23. The predicted octanol–water partition coefficient (Wildman–Crippen LogP) is 4.67. The molecule has 0 heterocycles. The van der Waals surface area contributed by atoms with Gasteiger partial charge in [-0.05, 0) is 54.7 Å². The van der Waals surface area contributed by atoms with Crippen molar-refractivity contribution in [3.05, 3.63) is 34.3 Å². The number of hydrogen-bond acceptors (Lipinski definition) is 1. The van der Waals surface area contributed by atoms with E-state index in [2.05, 4.69) is 61.0 Å². The van der Waals surface area contributed by atoms with Crippen LogP contribution in [0.4, 0.5) is 0 Å². The first-order valence-electron chi connectivity index (χ1n) is 6.86. The molecule has 0 saturated carbocycles. The monoisotopic (exact) mass is 312 g/mol. The lowest BCUT2D eigenvalue weighted by Crippen LogP contribution is -2.14. The van der Waals surface area contributed by atoms with Gasteiger partial charge in [0.25, 0.3) is 0 Å². The van der Waals surface area contributed by atoms with Gasteiger partial charge in [0, 0.05) is 11.1 Å². The lowest BCUT2D eigenvalue weighted by molar-refractivity contribution is 0.196. The van der Waals surface area contributed by atoms with Crippen molar-refractivity contribution in [2.24, 2.45) is 17.8 Å². The van der Waals surface area contributed by atoms with Gasteiger partial charge in [0.1, 0.15) is 0 Å². The summed E-state index contributed by atoms with van der Waals surface area (Å²) in [5.41, 5.74) is 1.31. The maximum Gasteiger partial charge on any atom is 0.0462 e. The van der Waals surface area contributed by atoms with Crippen LogP contribution in [0.3, 0.4) is 0 Å². The second kappa shape index (κ2) is 7.96. The van der Waals surface area contributed by atoms with Gasteiger partial charge in [0.2, 0.25) is 0 Å². The quantitative estimate of drug-likeness (QED) is 0.775. The molecule has 0 fully saturated rings. The second-order valence-corrected chi connectivity index (χ2v) is 6.77. The number of hydrogen-bond donors (Lipinski definition) is 1. The van der Waals surface area contributed by atoms with Crippen LogP contribution in [0.2, 0.25) is 0 Å². The van der Waals surface area contributed by atoms with Gasteiger partial charge in [-0.1, -0.05) is 48.8 Å². The Morgan fingerprint density at radius 3 is 2.17 bits per heavy atom. The zero-order valence-corrected chi connectivity index (χ0v) is 13.3. The van der Waals surface area contributed by atoms with E-state index in [0.717, 1.165) is 23.2 Å². The van der Waals surface area contributed by atoms with Crippen molar-refractivity contribution >= 4 is 15.9 Å². The van der Waals surface area contributed by atoms with Gasteiger partial charge in [0.15, 0.2) is 0 Å². The normalized spacial score (nSPS) is 14.8. The first-order valence-corrected chi connectivity index (χ1v) is 7.65.